The van der Waals surface area contributed by atoms with Gasteiger partial charge in [-0.25, -0.2) is 4.79 Å². The third-order valence-corrected chi connectivity index (χ3v) is 4.49. The van der Waals surface area contributed by atoms with Crippen molar-refractivity contribution in [3.63, 3.8) is 0 Å². The number of halogens is 1. The summed E-state index contributed by atoms with van der Waals surface area (Å²) in [6.07, 6.45) is 0. The van der Waals surface area contributed by atoms with Crippen LogP contribution in [0.2, 0.25) is 0 Å². The van der Waals surface area contributed by atoms with Gasteiger partial charge in [0.25, 0.3) is 5.91 Å². The molecular formula is C22H24INO6. The molecule has 2 aromatic rings. The highest BCUT2D eigenvalue weighted by atomic mass is 127. The van der Waals surface area contributed by atoms with Crippen molar-refractivity contribution >= 4 is 40.4 Å². The molecule has 2 aromatic carbocycles. The standard InChI is InChI=1S/C22H24INO6/c1-22(2,3)30-20(26)14-28-18-11-16(9-10-17(18)23)21(27)24-12-19(25)29-13-15-7-5-4-6-8-15/h4-11H,12-14H2,1-3H3,(H,24,27). The SMILES string of the molecule is CC(C)(C)OC(=O)COc1cc(C(=O)NCC(=O)OCc2ccccc2)ccc1I. The van der Waals surface area contributed by atoms with Crippen molar-refractivity contribution in [1.29, 1.82) is 0 Å². The first-order chi connectivity index (χ1) is 14.1. The van der Waals surface area contributed by atoms with Gasteiger partial charge in [-0.1, -0.05) is 30.3 Å². The van der Waals surface area contributed by atoms with Crippen molar-refractivity contribution in [1.82, 2.24) is 5.32 Å². The summed E-state index contributed by atoms with van der Waals surface area (Å²) in [7, 11) is 0. The average molecular weight is 525 g/mol. The first-order valence-electron chi connectivity index (χ1n) is 9.26. The van der Waals surface area contributed by atoms with Gasteiger partial charge in [-0.05, 0) is 67.1 Å². The van der Waals surface area contributed by atoms with Crippen molar-refractivity contribution in [3.8, 4) is 5.75 Å². The van der Waals surface area contributed by atoms with Crippen LogP contribution in [0.5, 0.6) is 5.75 Å². The van der Waals surface area contributed by atoms with Crippen molar-refractivity contribution < 1.29 is 28.6 Å². The molecule has 0 atom stereocenters. The molecule has 0 aliphatic heterocycles. The summed E-state index contributed by atoms with van der Waals surface area (Å²) < 4.78 is 16.6. The number of amides is 1. The molecule has 2 rings (SSSR count). The highest BCUT2D eigenvalue weighted by molar-refractivity contribution is 14.1. The lowest BCUT2D eigenvalue weighted by molar-refractivity contribution is -0.157. The molecule has 7 nitrogen and oxygen atoms in total. The Morgan fingerprint density at radius 2 is 1.70 bits per heavy atom. The Hall–Kier alpha value is -2.62. The van der Waals surface area contributed by atoms with E-state index in [0.29, 0.717) is 11.3 Å². The van der Waals surface area contributed by atoms with E-state index in [4.69, 9.17) is 14.2 Å². The number of benzene rings is 2. The Morgan fingerprint density at radius 1 is 1.00 bits per heavy atom. The van der Waals surface area contributed by atoms with Gasteiger partial charge in [-0.3, -0.25) is 9.59 Å². The number of nitrogens with one attached hydrogen (secondary N) is 1. The summed E-state index contributed by atoms with van der Waals surface area (Å²) in [5, 5.41) is 2.51. The minimum atomic E-state index is -0.607. The monoisotopic (exact) mass is 525 g/mol. The summed E-state index contributed by atoms with van der Waals surface area (Å²) >= 11 is 2.04. The molecule has 30 heavy (non-hydrogen) atoms. The second-order valence-electron chi connectivity index (χ2n) is 7.35. The van der Waals surface area contributed by atoms with Crippen LogP contribution < -0.4 is 10.1 Å². The van der Waals surface area contributed by atoms with Crippen LogP contribution in [0.1, 0.15) is 36.7 Å². The van der Waals surface area contributed by atoms with Gasteiger partial charge >= 0.3 is 11.9 Å². The zero-order chi connectivity index (χ0) is 22.1. The molecule has 0 radical (unpaired) electrons. The number of hydrogen-bond acceptors (Lipinski definition) is 6. The number of ether oxygens (including phenoxy) is 3. The van der Waals surface area contributed by atoms with E-state index in [-0.39, 0.29) is 19.8 Å². The first kappa shape index (κ1) is 23.7. The first-order valence-corrected chi connectivity index (χ1v) is 10.3. The highest BCUT2D eigenvalue weighted by Crippen LogP contribution is 2.22. The zero-order valence-corrected chi connectivity index (χ0v) is 19.2. The quantitative estimate of drug-likeness (QED) is 0.420. The van der Waals surface area contributed by atoms with Crippen LogP contribution in [-0.4, -0.2) is 36.6 Å². The molecule has 0 aliphatic rings. The van der Waals surface area contributed by atoms with Gasteiger partial charge in [-0.15, -0.1) is 0 Å². The maximum Gasteiger partial charge on any atom is 0.344 e. The second kappa shape index (κ2) is 11.0. The van der Waals surface area contributed by atoms with Crippen LogP contribution in [0.15, 0.2) is 48.5 Å². The summed E-state index contributed by atoms with van der Waals surface area (Å²) in [4.78, 5) is 36.0. The van der Waals surface area contributed by atoms with E-state index < -0.39 is 23.4 Å². The number of carbonyl (C=O) groups excluding carboxylic acids is 3. The molecule has 0 unspecified atom stereocenters. The van der Waals surface area contributed by atoms with Gasteiger partial charge < -0.3 is 19.5 Å². The molecule has 0 fully saturated rings. The molecule has 0 heterocycles. The molecule has 160 valence electrons. The molecule has 0 bridgehead atoms. The average Bonchev–Trinajstić information content (AvgIpc) is 2.69. The lowest BCUT2D eigenvalue weighted by Crippen LogP contribution is -2.30. The largest absolute Gasteiger partial charge is 0.481 e. The third kappa shape index (κ3) is 8.40. The molecule has 0 saturated carbocycles. The van der Waals surface area contributed by atoms with Gasteiger partial charge in [0.05, 0.1) is 3.57 Å². The Kier molecular flexibility index (Phi) is 8.64. The van der Waals surface area contributed by atoms with E-state index in [0.717, 1.165) is 9.13 Å². The van der Waals surface area contributed by atoms with Crippen LogP contribution in [0.4, 0.5) is 0 Å². The van der Waals surface area contributed by atoms with Gasteiger partial charge in [0.2, 0.25) is 0 Å². The summed E-state index contributed by atoms with van der Waals surface area (Å²) in [5.41, 5.74) is 0.553. The maximum absolute atomic E-state index is 12.3. The lowest BCUT2D eigenvalue weighted by Gasteiger charge is -2.19. The normalized spacial score (nSPS) is 10.8. The number of esters is 2. The van der Waals surface area contributed by atoms with Crippen molar-refractivity contribution in [2.45, 2.75) is 33.0 Å². The molecule has 0 aromatic heterocycles. The number of rotatable bonds is 8. The molecular weight excluding hydrogens is 501 g/mol. The smallest absolute Gasteiger partial charge is 0.344 e. The Labute approximate surface area is 189 Å². The Balaban J connectivity index is 1.86. The van der Waals surface area contributed by atoms with Gasteiger partial charge in [0, 0.05) is 5.56 Å². The van der Waals surface area contributed by atoms with Crippen LogP contribution >= 0.6 is 22.6 Å². The van der Waals surface area contributed by atoms with Crippen LogP contribution in [-0.2, 0) is 25.7 Å². The fraction of sp³-hybridized carbons (Fsp3) is 0.318. The predicted molar refractivity (Wildman–Crippen MR) is 119 cm³/mol. The van der Waals surface area contributed by atoms with E-state index in [1.807, 2.05) is 52.9 Å². The van der Waals surface area contributed by atoms with Gasteiger partial charge in [0.1, 0.15) is 24.5 Å². The van der Waals surface area contributed by atoms with E-state index >= 15 is 0 Å². The van der Waals surface area contributed by atoms with Crippen molar-refractivity contribution in [2.75, 3.05) is 13.2 Å². The second-order valence-corrected chi connectivity index (χ2v) is 8.51. The molecule has 1 N–H and O–H groups in total. The summed E-state index contributed by atoms with van der Waals surface area (Å²) in [6.45, 7) is 4.91. The molecule has 1 amide bonds. The Bertz CT molecular complexity index is 892. The third-order valence-electron chi connectivity index (χ3n) is 3.59. The Morgan fingerprint density at radius 3 is 2.37 bits per heavy atom. The van der Waals surface area contributed by atoms with E-state index in [1.54, 1.807) is 32.9 Å². The number of carbonyl (C=O) groups is 3. The number of hydrogen-bond donors (Lipinski definition) is 1. The minimum absolute atomic E-state index is 0.141. The minimum Gasteiger partial charge on any atom is -0.481 e. The van der Waals surface area contributed by atoms with E-state index in [1.165, 1.54) is 6.07 Å². The lowest BCUT2D eigenvalue weighted by atomic mass is 10.2. The maximum atomic E-state index is 12.3. The van der Waals surface area contributed by atoms with Crippen LogP contribution in [0.25, 0.3) is 0 Å². The summed E-state index contributed by atoms with van der Waals surface area (Å²) in [6, 6.07) is 14.1. The predicted octanol–water partition coefficient (Wildman–Crippen LogP) is 3.48. The van der Waals surface area contributed by atoms with Crippen LogP contribution in [0, 0.1) is 3.57 Å². The fourth-order valence-electron chi connectivity index (χ4n) is 2.31. The highest BCUT2D eigenvalue weighted by Gasteiger charge is 2.18. The zero-order valence-electron chi connectivity index (χ0n) is 17.1. The van der Waals surface area contributed by atoms with Crippen LogP contribution in [0.3, 0.4) is 0 Å². The summed E-state index contributed by atoms with van der Waals surface area (Å²) in [5.74, 6) is -1.13. The molecule has 8 heteroatoms. The van der Waals surface area contributed by atoms with Gasteiger partial charge in [0.15, 0.2) is 6.61 Å². The molecule has 0 saturated heterocycles. The van der Waals surface area contributed by atoms with Crippen molar-refractivity contribution in [2.24, 2.45) is 0 Å². The molecule has 0 aliphatic carbocycles. The van der Waals surface area contributed by atoms with Crippen molar-refractivity contribution in [3.05, 3.63) is 63.2 Å². The fourth-order valence-corrected chi connectivity index (χ4v) is 2.80. The topological polar surface area (TPSA) is 90.9 Å². The molecule has 0 spiro atoms. The van der Waals surface area contributed by atoms with Gasteiger partial charge in [-0.2, -0.15) is 0 Å². The van der Waals surface area contributed by atoms with E-state index in [2.05, 4.69) is 5.32 Å². The van der Waals surface area contributed by atoms with E-state index in [9.17, 15) is 14.4 Å².